The summed E-state index contributed by atoms with van der Waals surface area (Å²) in [4.78, 5) is 13.1. The van der Waals surface area contributed by atoms with E-state index in [-0.39, 0.29) is 12.1 Å². The van der Waals surface area contributed by atoms with Gasteiger partial charge in [-0.1, -0.05) is 6.58 Å². The van der Waals surface area contributed by atoms with E-state index >= 15 is 0 Å². The Hall–Kier alpha value is -0.870. The Labute approximate surface area is 90.8 Å². The zero-order valence-electron chi connectivity index (χ0n) is 9.28. The molecule has 86 valence electrons. The summed E-state index contributed by atoms with van der Waals surface area (Å²) < 4.78 is 10.4. The topological polar surface area (TPSA) is 38.8 Å². The predicted molar refractivity (Wildman–Crippen MR) is 57.4 cm³/mol. The van der Waals surface area contributed by atoms with E-state index in [0.29, 0.717) is 6.73 Å². The maximum atomic E-state index is 10.9. The molecule has 1 rings (SSSR count). The molecule has 0 amide bonds. The van der Waals surface area contributed by atoms with Gasteiger partial charge < -0.3 is 9.47 Å². The van der Waals surface area contributed by atoms with E-state index in [1.807, 2.05) is 6.92 Å². The van der Waals surface area contributed by atoms with Gasteiger partial charge in [0, 0.05) is 25.8 Å². The van der Waals surface area contributed by atoms with Crippen molar-refractivity contribution in [2.75, 3.05) is 26.4 Å². The Bertz CT molecular complexity index is 212. The van der Waals surface area contributed by atoms with Crippen molar-refractivity contribution in [1.29, 1.82) is 0 Å². The second-order valence-corrected chi connectivity index (χ2v) is 3.75. The van der Waals surface area contributed by atoms with Crippen LogP contribution in [0.15, 0.2) is 12.7 Å². The third-order valence-corrected chi connectivity index (χ3v) is 2.37. The van der Waals surface area contributed by atoms with E-state index in [1.54, 1.807) is 0 Å². The summed E-state index contributed by atoms with van der Waals surface area (Å²) in [7, 11) is 0. The fourth-order valence-corrected chi connectivity index (χ4v) is 1.49. The quantitative estimate of drug-likeness (QED) is 0.507. The van der Waals surface area contributed by atoms with Gasteiger partial charge in [0.2, 0.25) is 0 Å². The van der Waals surface area contributed by atoms with Gasteiger partial charge in [-0.2, -0.15) is 0 Å². The van der Waals surface area contributed by atoms with Gasteiger partial charge in [0.15, 0.2) is 0 Å². The number of esters is 1. The summed E-state index contributed by atoms with van der Waals surface area (Å²) in [6, 6.07) is 0. The predicted octanol–water partition coefficient (Wildman–Crippen LogP) is 1.17. The van der Waals surface area contributed by atoms with Gasteiger partial charge in [-0.3, -0.25) is 4.90 Å². The van der Waals surface area contributed by atoms with E-state index < -0.39 is 0 Å². The van der Waals surface area contributed by atoms with Crippen LogP contribution in [0.25, 0.3) is 0 Å². The van der Waals surface area contributed by atoms with Crippen molar-refractivity contribution >= 4 is 5.97 Å². The summed E-state index contributed by atoms with van der Waals surface area (Å²) in [5, 5.41) is 0. The highest BCUT2D eigenvalue weighted by atomic mass is 16.5. The van der Waals surface area contributed by atoms with Crippen LogP contribution in [0.5, 0.6) is 0 Å². The van der Waals surface area contributed by atoms with Crippen LogP contribution in [0.4, 0.5) is 0 Å². The third-order valence-electron chi connectivity index (χ3n) is 2.37. The lowest BCUT2D eigenvalue weighted by Crippen LogP contribution is -2.35. The number of nitrogens with zero attached hydrogens (tertiary/aromatic N) is 1. The Morgan fingerprint density at radius 1 is 1.73 bits per heavy atom. The summed E-state index contributed by atoms with van der Waals surface area (Å²) >= 11 is 0. The normalized spacial score (nSPS) is 19.5. The monoisotopic (exact) mass is 213 g/mol. The molecule has 1 atom stereocenters. The third kappa shape index (κ3) is 4.95. The van der Waals surface area contributed by atoms with E-state index in [2.05, 4.69) is 11.5 Å². The largest absolute Gasteiger partial charge is 0.459 e. The van der Waals surface area contributed by atoms with Gasteiger partial charge in [-0.15, -0.1) is 0 Å². The molecule has 4 nitrogen and oxygen atoms in total. The molecule has 0 N–H and O–H groups in total. The number of carbonyl (C=O) groups excluding carboxylic acids is 1. The lowest BCUT2D eigenvalue weighted by Gasteiger charge is -2.27. The molecule has 1 aliphatic rings. The first-order valence-electron chi connectivity index (χ1n) is 5.35. The highest BCUT2D eigenvalue weighted by Gasteiger charge is 2.12. The molecule has 1 unspecified atom stereocenters. The molecule has 0 bridgehead atoms. The first-order valence-corrected chi connectivity index (χ1v) is 5.35. The minimum Gasteiger partial charge on any atom is -0.459 e. The molecule has 1 heterocycles. The van der Waals surface area contributed by atoms with Crippen molar-refractivity contribution in [2.45, 2.75) is 25.9 Å². The van der Waals surface area contributed by atoms with Crippen LogP contribution in [0, 0.1) is 0 Å². The van der Waals surface area contributed by atoms with Crippen LogP contribution in [-0.2, 0) is 14.3 Å². The van der Waals surface area contributed by atoms with Crippen LogP contribution >= 0.6 is 0 Å². The highest BCUT2D eigenvalue weighted by molar-refractivity contribution is 5.81. The first kappa shape index (κ1) is 12.2. The van der Waals surface area contributed by atoms with Crippen molar-refractivity contribution in [1.82, 2.24) is 4.90 Å². The molecule has 0 spiro atoms. The van der Waals surface area contributed by atoms with Gasteiger partial charge >= 0.3 is 5.97 Å². The molecule has 0 aromatic carbocycles. The molecule has 0 radical (unpaired) electrons. The Balaban J connectivity index is 2.12. The molecule has 15 heavy (non-hydrogen) atoms. The van der Waals surface area contributed by atoms with Crippen molar-refractivity contribution in [3.63, 3.8) is 0 Å². The van der Waals surface area contributed by atoms with Gasteiger partial charge in [-0.05, 0) is 19.8 Å². The Kier molecular flexibility index (Phi) is 5.36. The minimum absolute atomic E-state index is 0.0579. The molecule has 0 aromatic rings. The van der Waals surface area contributed by atoms with Crippen molar-refractivity contribution < 1.29 is 14.3 Å². The number of carbonyl (C=O) groups is 1. The molecule has 1 saturated heterocycles. The van der Waals surface area contributed by atoms with Crippen LogP contribution < -0.4 is 0 Å². The summed E-state index contributed by atoms with van der Waals surface area (Å²) in [6.45, 7) is 8.79. The second-order valence-electron chi connectivity index (χ2n) is 3.75. The number of hydrogen-bond acceptors (Lipinski definition) is 4. The highest BCUT2D eigenvalue weighted by Crippen LogP contribution is 2.05. The molecule has 0 aliphatic carbocycles. The fraction of sp³-hybridized carbons (Fsp3) is 0.727. The van der Waals surface area contributed by atoms with E-state index in [4.69, 9.17) is 9.47 Å². The van der Waals surface area contributed by atoms with E-state index in [0.717, 1.165) is 32.5 Å². The average molecular weight is 213 g/mol. The van der Waals surface area contributed by atoms with Gasteiger partial charge in [0.1, 0.15) is 6.10 Å². The molecular weight excluding hydrogens is 194 g/mol. The van der Waals surface area contributed by atoms with Crippen molar-refractivity contribution in [2.24, 2.45) is 0 Å². The maximum Gasteiger partial charge on any atom is 0.330 e. The maximum absolute atomic E-state index is 10.9. The van der Waals surface area contributed by atoms with Crippen LogP contribution in [0.2, 0.25) is 0 Å². The Morgan fingerprint density at radius 3 is 3.13 bits per heavy atom. The first-order chi connectivity index (χ1) is 7.22. The molecule has 0 saturated carbocycles. The molecule has 0 aromatic heterocycles. The van der Waals surface area contributed by atoms with E-state index in [9.17, 15) is 4.79 Å². The lowest BCUT2D eigenvalue weighted by atomic mass is 10.2. The summed E-state index contributed by atoms with van der Waals surface area (Å²) in [6.07, 6.45) is 3.06. The van der Waals surface area contributed by atoms with Gasteiger partial charge in [0.05, 0.1) is 6.73 Å². The van der Waals surface area contributed by atoms with Crippen molar-refractivity contribution in [3.05, 3.63) is 12.7 Å². The molecule has 1 fully saturated rings. The standard InChI is InChI=1S/C11H19NO3/c1-3-11(13)15-10(2)5-7-12-6-4-8-14-9-12/h3,10H,1,4-9H2,2H3. The molecule has 1 aliphatic heterocycles. The number of hydrogen-bond donors (Lipinski definition) is 0. The van der Waals surface area contributed by atoms with Crippen molar-refractivity contribution in [3.8, 4) is 0 Å². The van der Waals surface area contributed by atoms with Crippen LogP contribution in [0.3, 0.4) is 0 Å². The van der Waals surface area contributed by atoms with Crippen LogP contribution in [0.1, 0.15) is 19.8 Å². The van der Waals surface area contributed by atoms with Gasteiger partial charge in [0.25, 0.3) is 0 Å². The smallest absolute Gasteiger partial charge is 0.330 e. The zero-order chi connectivity index (χ0) is 11.1. The fourth-order valence-electron chi connectivity index (χ4n) is 1.49. The van der Waals surface area contributed by atoms with E-state index in [1.165, 1.54) is 6.08 Å². The number of rotatable bonds is 5. The van der Waals surface area contributed by atoms with Gasteiger partial charge in [-0.25, -0.2) is 4.79 Å². The second kappa shape index (κ2) is 6.58. The summed E-state index contributed by atoms with van der Waals surface area (Å²) in [5.41, 5.74) is 0. The number of ether oxygens (including phenoxy) is 2. The SMILES string of the molecule is C=CC(=O)OC(C)CCN1CCCOC1. The zero-order valence-corrected chi connectivity index (χ0v) is 9.28. The summed E-state index contributed by atoms with van der Waals surface area (Å²) in [5.74, 6) is -0.350. The Morgan fingerprint density at radius 2 is 2.53 bits per heavy atom. The minimum atomic E-state index is -0.350. The average Bonchev–Trinajstić information content (AvgIpc) is 2.27. The van der Waals surface area contributed by atoms with Crippen LogP contribution in [-0.4, -0.2) is 43.4 Å². The lowest BCUT2D eigenvalue weighted by molar-refractivity contribution is -0.142. The molecule has 4 heteroatoms. The molecular formula is C11H19NO3.